The molecule has 1 aromatic carbocycles. The van der Waals surface area contributed by atoms with Gasteiger partial charge in [0.05, 0.1) is 5.02 Å². The van der Waals surface area contributed by atoms with Crippen LogP contribution >= 0.6 is 11.6 Å². The third-order valence-electron chi connectivity index (χ3n) is 2.64. The molecule has 1 unspecified atom stereocenters. The van der Waals surface area contributed by atoms with Gasteiger partial charge in [0.15, 0.2) is 5.78 Å². The van der Waals surface area contributed by atoms with Gasteiger partial charge in [0.2, 0.25) is 0 Å². The fraction of sp³-hybridized carbons (Fsp3) is 0.364. The maximum atomic E-state index is 11.7. The van der Waals surface area contributed by atoms with Gasteiger partial charge in [0, 0.05) is 11.5 Å². The van der Waals surface area contributed by atoms with E-state index >= 15 is 0 Å². The zero-order valence-electron chi connectivity index (χ0n) is 7.73. The molecule has 0 aromatic heterocycles. The maximum Gasteiger partial charge on any atom is 0.167 e. The van der Waals surface area contributed by atoms with Crippen LogP contribution in [0.1, 0.15) is 28.4 Å². The summed E-state index contributed by atoms with van der Waals surface area (Å²) >= 11 is 6.08. The molecule has 0 fully saturated rings. The SMILES string of the molecule is Cc1ccc2c(c1Cl)C(=O)C(C)C2. The fourth-order valence-electron chi connectivity index (χ4n) is 1.83. The Morgan fingerprint density at radius 1 is 1.46 bits per heavy atom. The van der Waals surface area contributed by atoms with Crippen molar-refractivity contribution < 1.29 is 4.79 Å². The first-order valence-corrected chi connectivity index (χ1v) is 4.81. The number of benzene rings is 1. The zero-order valence-corrected chi connectivity index (χ0v) is 8.48. The highest BCUT2D eigenvalue weighted by Gasteiger charge is 2.29. The molecule has 0 heterocycles. The monoisotopic (exact) mass is 194 g/mol. The summed E-state index contributed by atoms with van der Waals surface area (Å²) in [6.45, 7) is 3.88. The highest BCUT2D eigenvalue weighted by atomic mass is 35.5. The van der Waals surface area contributed by atoms with Gasteiger partial charge in [-0.15, -0.1) is 0 Å². The van der Waals surface area contributed by atoms with Gasteiger partial charge in [-0.1, -0.05) is 30.7 Å². The van der Waals surface area contributed by atoms with Gasteiger partial charge < -0.3 is 0 Å². The molecule has 0 saturated heterocycles. The van der Waals surface area contributed by atoms with Crippen molar-refractivity contribution in [1.82, 2.24) is 0 Å². The van der Waals surface area contributed by atoms with Crippen LogP contribution in [0.4, 0.5) is 0 Å². The molecule has 1 aliphatic rings. The van der Waals surface area contributed by atoms with Gasteiger partial charge in [0.25, 0.3) is 0 Å². The molecule has 0 bridgehead atoms. The zero-order chi connectivity index (χ0) is 9.59. The number of hydrogen-bond acceptors (Lipinski definition) is 1. The number of fused-ring (bicyclic) bond motifs is 1. The maximum absolute atomic E-state index is 11.7. The van der Waals surface area contributed by atoms with E-state index in [1.165, 1.54) is 0 Å². The Labute approximate surface area is 82.7 Å². The standard InChI is InChI=1S/C11H11ClO/c1-6-3-4-8-5-7(2)11(13)9(8)10(6)12/h3-4,7H,5H2,1-2H3. The predicted molar refractivity (Wildman–Crippen MR) is 53.4 cm³/mol. The number of halogens is 1. The van der Waals surface area contributed by atoms with E-state index in [-0.39, 0.29) is 11.7 Å². The summed E-state index contributed by atoms with van der Waals surface area (Å²) in [4.78, 5) is 11.7. The number of hydrogen-bond donors (Lipinski definition) is 0. The lowest BCUT2D eigenvalue weighted by molar-refractivity contribution is 0.0946. The molecule has 2 rings (SSSR count). The van der Waals surface area contributed by atoms with Crippen LogP contribution in [-0.2, 0) is 6.42 Å². The van der Waals surface area contributed by atoms with Gasteiger partial charge in [-0.05, 0) is 24.5 Å². The first-order valence-electron chi connectivity index (χ1n) is 4.43. The van der Waals surface area contributed by atoms with Crippen LogP contribution in [0.15, 0.2) is 12.1 Å². The molecule has 68 valence electrons. The van der Waals surface area contributed by atoms with Crippen molar-refractivity contribution in [2.45, 2.75) is 20.3 Å². The molecule has 1 aromatic rings. The van der Waals surface area contributed by atoms with Gasteiger partial charge in [-0.2, -0.15) is 0 Å². The van der Waals surface area contributed by atoms with E-state index in [4.69, 9.17) is 11.6 Å². The van der Waals surface area contributed by atoms with Crippen molar-refractivity contribution >= 4 is 17.4 Å². The number of aryl methyl sites for hydroxylation is 1. The Hall–Kier alpha value is -0.820. The lowest BCUT2D eigenvalue weighted by atomic mass is 10.1. The quantitative estimate of drug-likeness (QED) is 0.621. The summed E-state index contributed by atoms with van der Waals surface area (Å²) in [7, 11) is 0. The normalized spacial score (nSPS) is 20.5. The molecular formula is C11H11ClO. The Morgan fingerprint density at radius 3 is 2.85 bits per heavy atom. The predicted octanol–water partition coefficient (Wildman–Crippen LogP) is 3.02. The molecule has 0 radical (unpaired) electrons. The van der Waals surface area contributed by atoms with Crippen LogP contribution in [0.5, 0.6) is 0 Å². The topological polar surface area (TPSA) is 17.1 Å². The highest BCUT2D eigenvalue weighted by molar-refractivity contribution is 6.35. The third-order valence-corrected chi connectivity index (χ3v) is 3.13. The molecule has 13 heavy (non-hydrogen) atoms. The molecule has 1 nitrogen and oxygen atoms in total. The highest BCUT2D eigenvalue weighted by Crippen LogP contribution is 2.33. The van der Waals surface area contributed by atoms with E-state index in [2.05, 4.69) is 0 Å². The van der Waals surface area contributed by atoms with Crippen molar-refractivity contribution in [3.63, 3.8) is 0 Å². The lowest BCUT2D eigenvalue weighted by Gasteiger charge is -2.03. The lowest BCUT2D eigenvalue weighted by Crippen LogP contribution is -2.03. The molecule has 0 saturated carbocycles. The molecule has 1 atom stereocenters. The first kappa shape index (κ1) is 8.76. The van der Waals surface area contributed by atoms with E-state index < -0.39 is 0 Å². The minimum atomic E-state index is 0.106. The number of carbonyl (C=O) groups is 1. The van der Waals surface area contributed by atoms with Crippen molar-refractivity contribution in [3.05, 3.63) is 33.8 Å². The smallest absolute Gasteiger partial charge is 0.167 e. The van der Waals surface area contributed by atoms with E-state index in [0.29, 0.717) is 5.02 Å². The summed E-state index contributed by atoms with van der Waals surface area (Å²) in [5, 5.41) is 0.645. The molecule has 2 heteroatoms. The Kier molecular flexibility index (Phi) is 1.92. The van der Waals surface area contributed by atoms with Gasteiger partial charge in [-0.3, -0.25) is 4.79 Å². The van der Waals surface area contributed by atoms with Crippen LogP contribution in [0.25, 0.3) is 0 Å². The summed E-state index contributed by atoms with van der Waals surface area (Å²) < 4.78 is 0. The van der Waals surface area contributed by atoms with Gasteiger partial charge >= 0.3 is 0 Å². The van der Waals surface area contributed by atoms with Gasteiger partial charge in [0.1, 0.15) is 0 Å². The Morgan fingerprint density at radius 2 is 2.15 bits per heavy atom. The van der Waals surface area contributed by atoms with Crippen LogP contribution in [-0.4, -0.2) is 5.78 Å². The number of ketones is 1. The van der Waals surface area contributed by atoms with Crippen LogP contribution in [0, 0.1) is 12.8 Å². The number of carbonyl (C=O) groups excluding carboxylic acids is 1. The first-order chi connectivity index (χ1) is 6.11. The molecular weight excluding hydrogens is 184 g/mol. The van der Waals surface area contributed by atoms with Crippen LogP contribution in [0.2, 0.25) is 5.02 Å². The van der Waals surface area contributed by atoms with Crippen LogP contribution in [0.3, 0.4) is 0 Å². The Bertz CT molecular complexity index is 382. The molecule has 0 N–H and O–H groups in total. The van der Waals surface area contributed by atoms with Gasteiger partial charge in [-0.25, -0.2) is 0 Å². The molecule has 0 spiro atoms. The Balaban J connectivity index is 2.66. The second kappa shape index (κ2) is 2.85. The van der Waals surface area contributed by atoms with Crippen LogP contribution < -0.4 is 0 Å². The van der Waals surface area contributed by atoms with Crippen molar-refractivity contribution in [2.24, 2.45) is 5.92 Å². The van der Waals surface area contributed by atoms with E-state index in [1.54, 1.807) is 0 Å². The van der Waals surface area contributed by atoms with E-state index in [0.717, 1.165) is 23.1 Å². The van der Waals surface area contributed by atoms with Crippen molar-refractivity contribution in [1.29, 1.82) is 0 Å². The number of Topliss-reactive ketones (excluding diaryl/α,β-unsaturated/α-hetero) is 1. The summed E-state index contributed by atoms with van der Waals surface area (Å²) in [5.74, 6) is 0.304. The fourth-order valence-corrected chi connectivity index (χ4v) is 2.10. The molecule has 0 aliphatic heterocycles. The van der Waals surface area contributed by atoms with Crippen molar-refractivity contribution in [2.75, 3.05) is 0 Å². The molecule has 0 amide bonds. The minimum absolute atomic E-state index is 0.106. The largest absolute Gasteiger partial charge is 0.294 e. The molecule has 1 aliphatic carbocycles. The minimum Gasteiger partial charge on any atom is -0.294 e. The third kappa shape index (κ3) is 1.19. The van der Waals surface area contributed by atoms with E-state index in [1.807, 2.05) is 26.0 Å². The average molecular weight is 195 g/mol. The second-order valence-electron chi connectivity index (χ2n) is 3.70. The van der Waals surface area contributed by atoms with Crippen molar-refractivity contribution in [3.8, 4) is 0 Å². The second-order valence-corrected chi connectivity index (χ2v) is 4.08. The summed E-state index contributed by atoms with van der Waals surface area (Å²) in [6.07, 6.45) is 0.841. The summed E-state index contributed by atoms with van der Waals surface area (Å²) in [6, 6.07) is 3.99. The summed E-state index contributed by atoms with van der Waals surface area (Å²) in [5.41, 5.74) is 2.85. The number of rotatable bonds is 0. The average Bonchev–Trinajstić information content (AvgIpc) is 2.37. The van der Waals surface area contributed by atoms with E-state index in [9.17, 15) is 4.79 Å².